The number of amides is 2. The van der Waals surface area contributed by atoms with Crippen molar-refractivity contribution in [1.82, 2.24) is 14.8 Å². The third-order valence-corrected chi connectivity index (χ3v) is 5.46. The van der Waals surface area contributed by atoms with Crippen molar-refractivity contribution in [2.45, 2.75) is 19.9 Å². The quantitative estimate of drug-likeness (QED) is 0.668. The predicted molar refractivity (Wildman–Crippen MR) is 117 cm³/mol. The Morgan fingerprint density at radius 3 is 2.43 bits per heavy atom. The van der Waals surface area contributed by atoms with Crippen molar-refractivity contribution in [3.63, 3.8) is 0 Å². The summed E-state index contributed by atoms with van der Waals surface area (Å²) in [5.41, 5.74) is 5.01. The fourth-order valence-corrected chi connectivity index (χ4v) is 3.78. The number of aromatic nitrogens is 1. The Balaban J connectivity index is 1.47. The molecular formula is C25H25N3O2. The average molecular weight is 399 g/mol. The highest BCUT2D eigenvalue weighted by molar-refractivity contribution is 5.96. The van der Waals surface area contributed by atoms with E-state index >= 15 is 0 Å². The monoisotopic (exact) mass is 399 g/mol. The van der Waals surface area contributed by atoms with Gasteiger partial charge < -0.3 is 9.80 Å². The number of hydrogen-bond donors (Lipinski definition) is 0. The van der Waals surface area contributed by atoms with Gasteiger partial charge in [-0.3, -0.25) is 14.6 Å². The van der Waals surface area contributed by atoms with E-state index in [0.29, 0.717) is 38.2 Å². The fraction of sp³-hybridized carbons (Fsp3) is 0.240. The van der Waals surface area contributed by atoms with Gasteiger partial charge in [0.2, 0.25) is 5.91 Å². The van der Waals surface area contributed by atoms with Crippen molar-refractivity contribution in [3.8, 4) is 11.1 Å². The third-order valence-electron chi connectivity index (χ3n) is 5.46. The van der Waals surface area contributed by atoms with Crippen LogP contribution in [0.5, 0.6) is 0 Å². The van der Waals surface area contributed by atoms with Gasteiger partial charge in [0, 0.05) is 50.6 Å². The maximum absolute atomic E-state index is 13.2. The Labute approximate surface area is 177 Å². The van der Waals surface area contributed by atoms with E-state index in [4.69, 9.17) is 0 Å². The van der Waals surface area contributed by atoms with Crippen LogP contribution in [0.1, 0.15) is 27.9 Å². The lowest BCUT2D eigenvalue weighted by molar-refractivity contribution is -0.130. The molecule has 1 aliphatic heterocycles. The van der Waals surface area contributed by atoms with E-state index in [1.165, 1.54) is 5.56 Å². The minimum atomic E-state index is -0.0249. The van der Waals surface area contributed by atoms with Gasteiger partial charge in [-0.15, -0.1) is 0 Å². The largest absolute Gasteiger partial charge is 0.337 e. The van der Waals surface area contributed by atoms with Crippen molar-refractivity contribution in [3.05, 3.63) is 89.7 Å². The Hall–Kier alpha value is -3.47. The molecule has 0 unspecified atom stereocenters. The van der Waals surface area contributed by atoms with Gasteiger partial charge in [0.15, 0.2) is 0 Å². The van der Waals surface area contributed by atoms with Crippen LogP contribution >= 0.6 is 0 Å². The minimum absolute atomic E-state index is 0.0249. The molecule has 4 rings (SSSR count). The standard InChI is InChI=1S/C25H25N3O2/c1-19-4-2-5-21(16-19)22-6-3-7-23(17-22)25(30)27-13-10-24(29)28(15-14-27)18-20-8-11-26-12-9-20/h2-9,11-12,16-17H,10,13-15,18H2,1H3. The van der Waals surface area contributed by atoms with Crippen molar-refractivity contribution in [2.24, 2.45) is 0 Å². The molecule has 1 aromatic heterocycles. The zero-order valence-corrected chi connectivity index (χ0v) is 17.1. The van der Waals surface area contributed by atoms with Gasteiger partial charge in [-0.2, -0.15) is 0 Å². The Kier molecular flexibility index (Phi) is 5.89. The highest BCUT2D eigenvalue weighted by Crippen LogP contribution is 2.22. The molecule has 2 aromatic carbocycles. The summed E-state index contributed by atoms with van der Waals surface area (Å²) in [5, 5.41) is 0. The van der Waals surface area contributed by atoms with Gasteiger partial charge in [-0.1, -0.05) is 42.0 Å². The number of carbonyl (C=O) groups is 2. The molecule has 0 saturated carbocycles. The average Bonchev–Trinajstić information content (AvgIpc) is 2.96. The first-order valence-corrected chi connectivity index (χ1v) is 10.2. The lowest BCUT2D eigenvalue weighted by atomic mass is 10.0. The van der Waals surface area contributed by atoms with Crippen LogP contribution in [0.2, 0.25) is 0 Å². The number of nitrogens with zero attached hydrogens (tertiary/aromatic N) is 3. The molecule has 0 bridgehead atoms. The second-order valence-corrected chi connectivity index (χ2v) is 7.66. The van der Waals surface area contributed by atoms with E-state index in [9.17, 15) is 9.59 Å². The molecule has 2 amide bonds. The smallest absolute Gasteiger partial charge is 0.253 e. The first kappa shape index (κ1) is 19.8. The first-order valence-electron chi connectivity index (χ1n) is 10.2. The molecule has 0 radical (unpaired) electrons. The number of hydrogen-bond acceptors (Lipinski definition) is 3. The lowest BCUT2D eigenvalue weighted by Gasteiger charge is -2.22. The normalized spacial score (nSPS) is 14.5. The minimum Gasteiger partial charge on any atom is -0.337 e. The molecular weight excluding hydrogens is 374 g/mol. The molecule has 0 aliphatic carbocycles. The SMILES string of the molecule is Cc1cccc(-c2cccc(C(=O)N3CCC(=O)N(Cc4ccncc4)CC3)c2)c1. The molecule has 0 spiro atoms. The maximum Gasteiger partial charge on any atom is 0.253 e. The summed E-state index contributed by atoms with van der Waals surface area (Å²) in [7, 11) is 0. The summed E-state index contributed by atoms with van der Waals surface area (Å²) in [6.45, 7) is 4.12. The Bertz CT molecular complexity index is 1050. The summed E-state index contributed by atoms with van der Waals surface area (Å²) in [6.07, 6.45) is 3.80. The van der Waals surface area contributed by atoms with E-state index in [1.54, 1.807) is 17.3 Å². The molecule has 2 heterocycles. The lowest BCUT2D eigenvalue weighted by Crippen LogP contribution is -2.35. The summed E-state index contributed by atoms with van der Waals surface area (Å²) in [4.78, 5) is 33.4. The van der Waals surface area contributed by atoms with Gasteiger partial charge in [0.1, 0.15) is 0 Å². The molecule has 5 nitrogen and oxygen atoms in total. The molecule has 3 aromatic rings. The Morgan fingerprint density at radius 2 is 1.67 bits per heavy atom. The highest BCUT2D eigenvalue weighted by Gasteiger charge is 2.24. The molecule has 5 heteroatoms. The van der Waals surface area contributed by atoms with Crippen LogP contribution in [0.25, 0.3) is 11.1 Å². The van der Waals surface area contributed by atoms with Crippen molar-refractivity contribution in [2.75, 3.05) is 19.6 Å². The Morgan fingerprint density at radius 1 is 0.933 bits per heavy atom. The highest BCUT2D eigenvalue weighted by atomic mass is 16.2. The number of benzene rings is 2. The zero-order chi connectivity index (χ0) is 20.9. The van der Waals surface area contributed by atoms with E-state index in [-0.39, 0.29) is 11.8 Å². The molecule has 152 valence electrons. The number of carbonyl (C=O) groups excluding carboxylic acids is 2. The van der Waals surface area contributed by atoms with Crippen molar-refractivity contribution in [1.29, 1.82) is 0 Å². The van der Waals surface area contributed by atoms with Gasteiger partial charge in [-0.05, 0) is 47.9 Å². The predicted octanol–water partition coefficient (Wildman–Crippen LogP) is 3.93. The fourth-order valence-electron chi connectivity index (χ4n) is 3.78. The van der Waals surface area contributed by atoms with Gasteiger partial charge >= 0.3 is 0 Å². The van der Waals surface area contributed by atoms with Crippen molar-refractivity contribution < 1.29 is 9.59 Å². The van der Waals surface area contributed by atoms with Crippen LogP contribution in [0.3, 0.4) is 0 Å². The third kappa shape index (κ3) is 4.57. The molecule has 0 N–H and O–H groups in total. The molecule has 0 atom stereocenters. The zero-order valence-electron chi connectivity index (χ0n) is 17.1. The summed E-state index contributed by atoms with van der Waals surface area (Å²) in [6, 6.07) is 19.8. The van der Waals surface area contributed by atoms with E-state index < -0.39 is 0 Å². The molecule has 1 saturated heterocycles. The van der Waals surface area contributed by atoms with E-state index in [1.807, 2.05) is 47.4 Å². The van der Waals surface area contributed by atoms with Crippen LogP contribution in [-0.2, 0) is 11.3 Å². The molecule has 1 fully saturated rings. The van der Waals surface area contributed by atoms with E-state index in [2.05, 4.69) is 30.1 Å². The summed E-state index contributed by atoms with van der Waals surface area (Å²) >= 11 is 0. The van der Waals surface area contributed by atoms with Gasteiger partial charge in [0.25, 0.3) is 5.91 Å². The first-order chi connectivity index (χ1) is 14.6. The number of pyridine rings is 1. The van der Waals surface area contributed by atoms with Crippen molar-refractivity contribution >= 4 is 11.8 Å². The summed E-state index contributed by atoms with van der Waals surface area (Å²) in [5.74, 6) is 0.0543. The van der Waals surface area contributed by atoms with Crippen LogP contribution < -0.4 is 0 Å². The topological polar surface area (TPSA) is 53.5 Å². The van der Waals surface area contributed by atoms with Gasteiger partial charge in [0.05, 0.1) is 0 Å². The van der Waals surface area contributed by atoms with Crippen LogP contribution in [0.4, 0.5) is 0 Å². The second kappa shape index (κ2) is 8.91. The molecule has 1 aliphatic rings. The second-order valence-electron chi connectivity index (χ2n) is 7.66. The van der Waals surface area contributed by atoms with Crippen LogP contribution in [0.15, 0.2) is 73.1 Å². The van der Waals surface area contributed by atoms with Gasteiger partial charge in [-0.25, -0.2) is 0 Å². The number of aryl methyl sites for hydroxylation is 1. The molecule has 30 heavy (non-hydrogen) atoms. The number of rotatable bonds is 4. The van der Waals surface area contributed by atoms with E-state index in [0.717, 1.165) is 16.7 Å². The van der Waals surface area contributed by atoms with Crippen LogP contribution in [-0.4, -0.2) is 46.2 Å². The summed E-state index contributed by atoms with van der Waals surface area (Å²) < 4.78 is 0. The van der Waals surface area contributed by atoms with Crippen LogP contribution in [0, 0.1) is 6.92 Å². The maximum atomic E-state index is 13.2.